The molecule has 7 atom stereocenters. The van der Waals surface area contributed by atoms with E-state index in [1.54, 1.807) is 13.8 Å². The molecule has 3 aliphatic carbocycles. The van der Waals surface area contributed by atoms with Crippen molar-refractivity contribution in [2.24, 2.45) is 23.2 Å². The number of benzene rings is 2. The van der Waals surface area contributed by atoms with Crippen molar-refractivity contribution < 1.29 is 41.7 Å². The standard InChI is InChI=1S/C40H52BF3N4O6/c1-7-32(41-53-31-22-28-21-30(38(28,4)5)39(31,6)54-41)45-35(50)29-23-47(18-12-16-25-13-9-8-10-14-25)37(52)48(29)36(51)34(24(2)3)46-33(49)20-26-15-11-17-27(19-26)40(42,43)44/h8-11,13-15,17,19,24,28-32,34H,7,12,16,18,20-23H2,1-6H3,(H,45,50)(H,46,49)/t28?,29-,30?,31+,32-,34-,39-/m0/s1. The maximum Gasteiger partial charge on any atom is 0.481 e. The first kappa shape index (κ1) is 39.8. The van der Waals surface area contributed by atoms with Gasteiger partial charge in [0.05, 0.1) is 36.2 Å². The maximum atomic E-state index is 14.3. The van der Waals surface area contributed by atoms with Gasteiger partial charge in [-0.05, 0) is 79.4 Å². The van der Waals surface area contributed by atoms with Crippen LogP contribution in [0.15, 0.2) is 54.6 Å². The summed E-state index contributed by atoms with van der Waals surface area (Å²) in [7, 11) is -0.703. The number of nitrogens with zero attached hydrogens (tertiary/aromatic N) is 2. The lowest BCUT2D eigenvalue weighted by atomic mass is 9.43. The highest BCUT2D eigenvalue weighted by Crippen LogP contribution is 2.65. The summed E-state index contributed by atoms with van der Waals surface area (Å²) in [5, 5.41) is 5.70. The Bertz CT molecular complexity index is 1730. The van der Waals surface area contributed by atoms with Crippen molar-refractivity contribution in [1.29, 1.82) is 0 Å². The first-order chi connectivity index (χ1) is 25.4. The van der Waals surface area contributed by atoms with E-state index >= 15 is 0 Å². The third kappa shape index (κ3) is 7.78. The predicted octanol–water partition coefficient (Wildman–Crippen LogP) is 5.82. The van der Waals surface area contributed by atoms with E-state index in [4.69, 9.17) is 9.31 Å². The molecule has 2 N–H and O–H groups in total. The number of hydrogen-bond acceptors (Lipinski definition) is 6. The number of imide groups is 1. The SMILES string of the molecule is CC[C@H](NC(=O)[C@@H]1CN(CCCc2ccccc2)C(=O)N1C(=O)[C@@H](NC(=O)Cc1cccc(C(F)(F)F)c1)C(C)C)B1O[C@@H]2CC3CC(C3(C)C)[C@]2(C)O1. The molecule has 2 saturated heterocycles. The van der Waals surface area contributed by atoms with Gasteiger partial charge in [0.2, 0.25) is 11.8 Å². The van der Waals surface area contributed by atoms with Gasteiger partial charge >= 0.3 is 19.3 Å². The molecule has 5 aliphatic rings. The van der Waals surface area contributed by atoms with Crippen molar-refractivity contribution in [3.8, 4) is 0 Å². The Morgan fingerprint density at radius 2 is 1.70 bits per heavy atom. The number of rotatable bonds is 13. The van der Waals surface area contributed by atoms with Gasteiger partial charge in [-0.15, -0.1) is 0 Å². The molecule has 54 heavy (non-hydrogen) atoms. The number of halogens is 3. The molecule has 0 aromatic heterocycles. The molecule has 292 valence electrons. The molecule has 14 heteroatoms. The molecular weight excluding hydrogens is 700 g/mol. The second-order valence-electron chi connectivity index (χ2n) is 16.6. The minimum Gasteiger partial charge on any atom is -0.404 e. The van der Waals surface area contributed by atoms with Gasteiger partial charge in [0.25, 0.3) is 5.91 Å². The monoisotopic (exact) mass is 752 g/mol. The van der Waals surface area contributed by atoms with E-state index < -0.39 is 78.6 Å². The summed E-state index contributed by atoms with van der Waals surface area (Å²) in [4.78, 5) is 58.3. The maximum absolute atomic E-state index is 14.3. The number of amides is 5. The lowest BCUT2D eigenvalue weighted by Gasteiger charge is -2.64. The van der Waals surface area contributed by atoms with E-state index in [9.17, 15) is 32.3 Å². The first-order valence-electron chi connectivity index (χ1n) is 19.2. The van der Waals surface area contributed by atoms with Gasteiger partial charge in [-0.2, -0.15) is 13.2 Å². The Morgan fingerprint density at radius 1 is 1.00 bits per heavy atom. The van der Waals surface area contributed by atoms with E-state index in [-0.39, 0.29) is 23.6 Å². The van der Waals surface area contributed by atoms with Crippen molar-refractivity contribution in [2.75, 3.05) is 13.1 Å². The lowest BCUT2D eigenvalue weighted by Crippen LogP contribution is -2.65. The third-order valence-corrected chi connectivity index (χ3v) is 12.4. The van der Waals surface area contributed by atoms with Crippen LogP contribution in [-0.4, -0.2) is 83.5 Å². The number of hydrogen-bond donors (Lipinski definition) is 2. The zero-order valence-electron chi connectivity index (χ0n) is 31.9. The summed E-state index contributed by atoms with van der Waals surface area (Å²) in [5.41, 5.74) is -0.0297. The molecule has 7 rings (SSSR count). The van der Waals surface area contributed by atoms with E-state index in [1.165, 1.54) is 17.0 Å². The zero-order chi connectivity index (χ0) is 39.2. The minimum atomic E-state index is -4.58. The molecule has 5 fully saturated rings. The minimum absolute atomic E-state index is 0.0463. The number of nitrogens with one attached hydrogen (secondary N) is 2. The Morgan fingerprint density at radius 3 is 2.35 bits per heavy atom. The van der Waals surface area contributed by atoms with E-state index in [0.717, 1.165) is 35.4 Å². The number of alkyl halides is 3. The third-order valence-electron chi connectivity index (χ3n) is 12.4. The van der Waals surface area contributed by atoms with Crippen LogP contribution in [0.3, 0.4) is 0 Å². The summed E-state index contributed by atoms with van der Waals surface area (Å²) in [6, 6.07) is 11.1. The van der Waals surface area contributed by atoms with Crippen LogP contribution in [0, 0.1) is 23.2 Å². The Labute approximate surface area is 316 Å². The Kier molecular flexibility index (Phi) is 11.3. The molecule has 2 aliphatic heterocycles. The topological polar surface area (TPSA) is 117 Å². The lowest BCUT2D eigenvalue weighted by molar-refractivity contribution is -0.199. The van der Waals surface area contributed by atoms with Gasteiger partial charge in [-0.3, -0.25) is 14.4 Å². The number of aryl methyl sites for hydroxylation is 1. The van der Waals surface area contributed by atoms with Crippen LogP contribution in [0.25, 0.3) is 0 Å². The quantitative estimate of drug-likeness (QED) is 0.250. The summed E-state index contributed by atoms with van der Waals surface area (Å²) < 4.78 is 53.1. The zero-order valence-corrected chi connectivity index (χ0v) is 31.9. The summed E-state index contributed by atoms with van der Waals surface area (Å²) in [6.07, 6.45) is -1.38. The van der Waals surface area contributed by atoms with Crippen LogP contribution in [0.5, 0.6) is 0 Å². The van der Waals surface area contributed by atoms with Gasteiger partial charge in [-0.25, -0.2) is 9.69 Å². The summed E-state index contributed by atoms with van der Waals surface area (Å²) >= 11 is 0. The second-order valence-corrected chi connectivity index (χ2v) is 16.6. The van der Waals surface area contributed by atoms with Crippen LogP contribution in [-0.2, 0) is 42.7 Å². The molecule has 2 aromatic carbocycles. The fraction of sp³-hybridized carbons (Fsp3) is 0.600. The summed E-state index contributed by atoms with van der Waals surface area (Å²) in [6.45, 7) is 12.2. The molecule has 2 aromatic rings. The first-order valence-corrected chi connectivity index (χ1v) is 19.2. The molecule has 5 amide bonds. The molecule has 0 radical (unpaired) electrons. The average Bonchev–Trinajstić information content (AvgIpc) is 3.65. The molecule has 2 heterocycles. The fourth-order valence-corrected chi connectivity index (χ4v) is 9.05. The van der Waals surface area contributed by atoms with E-state index in [0.29, 0.717) is 37.6 Å². The van der Waals surface area contributed by atoms with Gasteiger partial charge in [-0.1, -0.05) is 83.1 Å². The highest BCUT2D eigenvalue weighted by atomic mass is 19.4. The van der Waals surface area contributed by atoms with Gasteiger partial charge in [0.1, 0.15) is 12.1 Å². The average molecular weight is 753 g/mol. The largest absolute Gasteiger partial charge is 0.481 e. The van der Waals surface area contributed by atoms with Gasteiger partial charge < -0.3 is 24.8 Å². The smallest absolute Gasteiger partial charge is 0.404 e. The molecule has 3 saturated carbocycles. The van der Waals surface area contributed by atoms with Crippen molar-refractivity contribution in [3.05, 3.63) is 71.3 Å². The van der Waals surface area contributed by atoms with Crippen LogP contribution in [0.1, 0.15) is 83.9 Å². The van der Waals surface area contributed by atoms with E-state index in [2.05, 4.69) is 31.4 Å². The Hall–Kier alpha value is -3.91. The fourth-order valence-electron chi connectivity index (χ4n) is 9.05. The van der Waals surface area contributed by atoms with Crippen molar-refractivity contribution in [3.63, 3.8) is 0 Å². The van der Waals surface area contributed by atoms with Crippen LogP contribution >= 0.6 is 0 Å². The number of urea groups is 1. The highest BCUT2D eigenvalue weighted by Gasteiger charge is 2.68. The van der Waals surface area contributed by atoms with Gasteiger partial charge in [0, 0.05) is 6.54 Å². The van der Waals surface area contributed by atoms with Crippen LogP contribution < -0.4 is 10.6 Å². The van der Waals surface area contributed by atoms with Crippen molar-refractivity contribution in [2.45, 2.75) is 116 Å². The number of carbonyl (C=O) groups excluding carboxylic acids is 4. The molecule has 2 unspecified atom stereocenters. The van der Waals surface area contributed by atoms with Crippen molar-refractivity contribution in [1.82, 2.24) is 20.4 Å². The van der Waals surface area contributed by atoms with Crippen LogP contribution in [0.2, 0.25) is 0 Å². The molecule has 2 bridgehead atoms. The molecular formula is C40H52BF3N4O6. The predicted molar refractivity (Wildman–Crippen MR) is 197 cm³/mol. The molecule has 10 nitrogen and oxygen atoms in total. The molecule has 0 spiro atoms. The normalized spacial score (nSPS) is 27.0. The Balaban J connectivity index is 1.18. The van der Waals surface area contributed by atoms with Crippen molar-refractivity contribution >= 4 is 30.9 Å². The second kappa shape index (κ2) is 15.3. The van der Waals surface area contributed by atoms with Gasteiger partial charge in [0.15, 0.2) is 0 Å². The number of carbonyl (C=O) groups is 4. The summed E-state index contributed by atoms with van der Waals surface area (Å²) in [5.74, 6) is -2.18. The van der Waals surface area contributed by atoms with Crippen LogP contribution in [0.4, 0.5) is 18.0 Å². The van der Waals surface area contributed by atoms with E-state index in [1.807, 2.05) is 37.3 Å². The highest BCUT2D eigenvalue weighted by molar-refractivity contribution is 6.48.